The van der Waals surface area contributed by atoms with Crippen molar-refractivity contribution in [3.8, 4) is 0 Å². The SMILES string of the molecule is Cc1cccc(C(=O)Nc2ccc(C(=O)NNC(=S)NC(=O)CCC(=O)OCCc3ccccc3)cc2)c1. The molecule has 0 aromatic heterocycles. The molecule has 3 amide bonds. The van der Waals surface area contributed by atoms with Crippen molar-refractivity contribution in [1.29, 1.82) is 0 Å². The second-order valence-electron chi connectivity index (χ2n) is 8.31. The highest BCUT2D eigenvalue weighted by molar-refractivity contribution is 7.80. The third kappa shape index (κ3) is 9.47. The Bertz CT molecular complexity index is 1300. The van der Waals surface area contributed by atoms with Gasteiger partial charge in [-0.2, -0.15) is 0 Å². The van der Waals surface area contributed by atoms with Crippen LogP contribution in [-0.2, 0) is 20.7 Å². The molecule has 0 bridgehead atoms. The monoisotopic (exact) mass is 532 g/mol. The molecule has 3 aromatic carbocycles. The largest absolute Gasteiger partial charge is 0.465 e. The van der Waals surface area contributed by atoms with E-state index in [0.29, 0.717) is 23.2 Å². The Kier molecular flexibility index (Phi) is 10.5. The van der Waals surface area contributed by atoms with Crippen molar-refractivity contribution in [3.63, 3.8) is 0 Å². The number of benzene rings is 3. The molecule has 3 aromatic rings. The van der Waals surface area contributed by atoms with E-state index in [1.54, 1.807) is 30.3 Å². The maximum atomic E-state index is 12.4. The van der Waals surface area contributed by atoms with Crippen LogP contribution in [0.4, 0.5) is 5.69 Å². The Balaban J connectivity index is 1.33. The summed E-state index contributed by atoms with van der Waals surface area (Å²) < 4.78 is 5.14. The highest BCUT2D eigenvalue weighted by atomic mass is 32.1. The maximum absolute atomic E-state index is 12.4. The Morgan fingerprint density at radius 1 is 0.789 bits per heavy atom. The Labute approximate surface area is 225 Å². The van der Waals surface area contributed by atoms with Crippen molar-refractivity contribution in [3.05, 3.63) is 101 Å². The van der Waals surface area contributed by atoms with Gasteiger partial charge in [-0.15, -0.1) is 0 Å². The summed E-state index contributed by atoms with van der Waals surface area (Å²) in [6.45, 7) is 2.14. The quantitative estimate of drug-likeness (QED) is 0.189. The van der Waals surface area contributed by atoms with Gasteiger partial charge in [0.2, 0.25) is 5.91 Å². The normalized spacial score (nSPS) is 10.1. The van der Waals surface area contributed by atoms with E-state index in [0.717, 1.165) is 11.1 Å². The van der Waals surface area contributed by atoms with Crippen LogP contribution < -0.4 is 21.5 Å². The number of ether oxygens (including phenoxy) is 1. The van der Waals surface area contributed by atoms with Crippen LogP contribution in [0.3, 0.4) is 0 Å². The van der Waals surface area contributed by atoms with Crippen LogP contribution in [0.1, 0.15) is 44.7 Å². The number of carbonyl (C=O) groups excluding carboxylic acids is 4. The summed E-state index contributed by atoms with van der Waals surface area (Å²) in [5.41, 5.74) is 8.22. The highest BCUT2D eigenvalue weighted by Crippen LogP contribution is 2.12. The second kappa shape index (κ2) is 14.2. The number of esters is 1. The number of amides is 3. The van der Waals surface area contributed by atoms with Crippen LogP contribution in [0, 0.1) is 6.92 Å². The molecule has 0 spiro atoms. The van der Waals surface area contributed by atoms with E-state index in [2.05, 4.69) is 21.5 Å². The number of carbonyl (C=O) groups is 4. The van der Waals surface area contributed by atoms with Gasteiger partial charge < -0.3 is 15.4 Å². The van der Waals surface area contributed by atoms with Crippen molar-refractivity contribution in [2.24, 2.45) is 0 Å². The lowest BCUT2D eigenvalue weighted by Gasteiger charge is -2.11. The van der Waals surface area contributed by atoms with E-state index >= 15 is 0 Å². The molecule has 38 heavy (non-hydrogen) atoms. The number of thiocarbonyl (C=S) groups is 1. The van der Waals surface area contributed by atoms with Gasteiger partial charge in [-0.05, 0) is 61.1 Å². The van der Waals surface area contributed by atoms with Gasteiger partial charge in [0.1, 0.15) is 0 Å². The summed E-state index contributed by atoms with van der Waals surface area (Å²) in [6.07, 6.45) is 0.384. The van der Waals surface area contributed by atoms with Crippen LogP contribution in [0.25, 0.3) is 0 Å². The fourth-order valence-electron chi connectivity index (χ4n) is 3.32. The van der Waals surface area contributed by atoms with Crippen molar-refractivity contribution in [2.75, 3.05) is 11.9 Å². The number of rotatable bonds is 9. The Hall–Kier alpha value is -4.57. The predicted molar refractivity (Wildman–Crippen MR) is 147 cm³/mol. The zero-order valence-electron chi connectivity index (χ0n) is 20.8. The minimum atomic E-state index is -0.500. The van der Waals surface area contributed by atoms with E-state index in [-0.39, 0.29) is 30.5 Å². The van der Waals surface area contributed by atoms with Crippen molar-refractivity contribution < 1.29 is 23.9 Å². The van der Waals surface area contributed by atoms with E-state index in [1.165, 1.54) is 12.1 Å². The fourth-order valence-corrected chi connectivity index (χ4v) is 3.48. The number of nitrogens with one attached hydrogen (secondary N) is 4. The molecule has 0 atom stereocenters. The van der Waals surface area contributed by atoms with Crippen molar-refractivity contribution >= 4 is 46.7 Å². The van der Waals surface area contributed by atoms with Crippen molar-refractivity contribution in [1.82, 2.24) is 16.2 Å². The zero-order chi connectivity index (χ0) is 27.3. The summed E-state index contributed by atoms with van der Waals surface area (Å²) in [5, 5.41) is 5.04. The fraction of sp³-hybridized carbons (Fsp3) is 0.179. The molecular weight excluding hydrogens is 504 g/mol. The molecule has 0 saturated carbocycles. The summed E-state index contributed by atoms with van der Waals surface area (Å²) in [7, 11) is 0. The lowest BCUT2D eigenvalue weighted by molar-refractivity contribution is -0.144. The first-order valence-electron chi connectivity index (χ1n) is 11.9. The topological polar surface area (TPSA) is 126 Å². The van der Waals surface area contributed by atoms with E-state index in [9.17, 15) is 19.2 Å². The third-order valence-corrected chi connectivity index (χ3v) is 5.48. The van der Waals surface area contributed by atoms with Gasteiger partial charge >= 0.3 is 5.97 Å². The molecule has 10 heteroatoms. The van der Waals surface area contributed by atoms with Crippen LogP contribution in [-0.4, -0.2) is 35.4 Å². The first kappa shape index (κ1) is 28.0. The average molecular weight is 533 g/mol. The zero-order valence-corrected chi connectivity index (χ0v) is 21.6. The summed E-state index contributed by atoms with van der Waals surface area (Å²) >= 11 is 5.00. The summed E-state index contributed by atoms with van der Waals surface area (Å²) in [4.78, 5) is 48.6. The number of anilines is 1. The third-order valence-electron chi connectivity index (χ3n) is 5.28. The van der Waals surface area contributed by atoms with Gasteiger partial charge in [-0.1, -0.05) is 48.0 Å². The highest BCUT2D eigenvalue weighted by Gasteiger charge is 2.12. The minimum Gasteiger partial charge on any atom is -0.465 e. The molecule has 0 aliphatic rings. The van der Waals surface area contributed by atoms with Gasteiger partial charge in [-0.3, -0.25) is 30.0 Å². The van der Waals surface area contributed by atoms with E-state index in [1.807, 2.05) is 43.3 Å². The molecule has 9 nitrogen and oxygen atoms in total. The molecule has 0 unspecified atom stereocenters. The Morgan fingerprint density at radius 3 is 2.24 bits per heavy atom. The smallest absolute Gasteiger partial charge is 0.306 e. The van der Waals surface area contributed by atoms with Crippen LogP contribution in [0.5, 0.6) is 0 Å². The molecule has 0 aliphatic carbocycles. The van der Waals surface area contributed by atoms with Crippen molar-refractivity contribution in [2.45, 2.75) is 26.2 Å². The number of hydrogen-bond acceptors (Lipinski definition) is 6. The van der Waals surface area contributed by atoms with Gasteiger partial charge in [0.25, 0.3) is 11.8 Å². The molecule has 0 aliphatic heterocycles. The molecule has 0 radical (unpaired) electrons. The lowest BCUT2D eigenvalue weighted by Crippen LogP contribution is -2.48. The maximum Gasteiger partial charge on any atom is 0.306 e. The summed E-state index contributed by atoms with van der Waals surface area (Å²) in [6, 6.07) is 23.1. The molecule has 4 N–H and O–H groups in total. The molecule has 0 heterocycles. The standard InChI is InChI=1S/C28H28N4O5S/c1-19-6-5-9-22(18-19)26(35)29-23-12-10-21(11-13-23)27(36)31-32-28(38)30-24(33)14-15-25(34)37-17-16-20-7-3-2-4-8-20/h2-13,18H,14-17H2,1H3,(H,29,35)(H,31,36)(H2,30,32,33,38). The van der Waals surface area contributed by atoms with Gasteiger partial charge in [0, 0.05) is 29.7 Å². The van der Waals surface area contributed by atoms with Gasteiger partial charge in [-0.25, -0.2) is 0 Å². The van der Waals surface area contributed by atoms with E-state index in [4.69, 9.17) is 17.0 Å². The number of hydrogen-bond donors (Lipinski definition) is 4. The van der Waals surface area contributed by atoms with Gasteiger partial charge in [0.15, 0.2) is 5.11 Å². The van der Waals surface area contributed by atoms with Crippen LogP contribution >= 0.6 is 12.2 Å². The second-order valence-corrected chi connectivity index (χ2v) is 8.72. The molecule has 0 saturated heterocycles. The van der Waals surface area contributed by atoms with Crippen LogP contribution in [0.15, 0.2) is 78.9 Å². The number of aryl methyl sites for hydroxylation is 1. The Morgan fingerprint density at radius 2 is 1.53 bits per heavy atom. The molecule has 3 rings (SSSR count). The lowest BCUT2D eigenvalue weighted by atomic mass is 10.1. The first-order valence-corrected chi connectivity index (χ1v) is 12.3. The molecule has 0 fully saturated rings. The number of hydrazine groups is 1. The first-order chi connectivity index (χ1) is 18.3. The minimum absolute atomic E-state index is 0.0949. The van der Waals surface area contributed by atoms with E-state index < -0.39 is 17.8 Å². The molecular formula is C28H28N4O5S. The molecule has 196 valence electrons. The van der Waals surface area contributed by atoms with Crippen LogP contribution in [0.2, 0.25) is 0 Å². The predicted octanol–water partition coefficient (Wildman–Crippen LogP) is 3.45. The average Bonchev–Trinajstić information content (AvgIpc) is 2.91. The van der Waals surface area contributed by atoms with Gasteiger partial charge in [0.05, 0.1) is 13.0 Å². The summed E-state index contributed by atoms with van der Waals surface area (Å²) in [5.74, 6) is -1.73.